The number of nitrogens with one attached hydrogen (secondary N) is 1. The summed E-state index contributed by atoms with van der Waals surface area (Å²) in [6.07, 6.45) is 4.40. The summed E-state index contributed by atoms with van der Waals surface area (Å²) in [6.45, 7) is 2.92. The van der Waals surface area contributed by atoms with Gasteiger partial charge in [0, 0.05) is 18.0 Å². The molecule has 1 saturated heterocycles. The van der Waals surface area contributed by atoms with Crippen LogP contribution in [0.1, 0.15) is 43.2 Å². The topological polar surface area (TPSA) is 67.2 Å². The Bertz CT molecular complexity index is 903. The highest BCUT2D eigenvalue weighted by Gasteiger charge is 2.26. The van der Waals surface area contributed by atoms with Gasteiger partial charge in [-0.05, 0) is 74.9 Å². The number of unbranched alkanes of at least 4 members (excludes halogenated alkanes) is 1. The Labute approximate surface area is 183 Å². The lowest BCUT2D eigenvalue weighted by molar-refractivity contribution is -0.0264. The number of para-hydroxylation sites is 2. The van der Waals surface area contributed by atoms with Gasteiger partial charge in [0.25, 0.3) is 0 Å². The van der Waals surface area contributed by atoms with Gasteiger partial charge in [0.2, 0.25) is 0 Å². The zero-order valence-electron chi connectivity index (χ0n) is 17.7. The van der Waals surface area contributed by atoms with Crippen LogP contribution in [0.15, 0.2) is 53.4 Å². The van der Waals surface area contributed by atoms with E-state index in [0.717, 1.165) is 73.5 Å². The number of hydrogen-bond donors (Lipinski definition) is 2. The van der Waals surface area contributed by atoms with Crippen LogP contribution in [-0.2, 0) is 4.74 Å². The van der Waals surface area contributed by atoms with Crippen LogP contribution >= 0.6 is 11.8 Å². The second-order valence-electron chi connectivity index (χ2n) is 8.07. The molecule has 1 aliphatic heterocycles. The molecule has 0 aliphatic carbocycles. The van der Waals surface area contributed by atoms with Crippen molar-refractivity contribution in [3.05, 3.63) is 59.9 Å². The van der Waals surface area contributed by atoms with E-state index in [1.807, 2.05) is 30.0 Å². The molecule has 2 aromatic carbocycles. The average Bonchev–Trinajstić information content (AvgIpc) is 3.20. The maximum Gasteiger partial charge on any atom is 0.141 e. The monoisotopic (exact) mass is 424 g/mol. The predicted octanol–water partition coefficient (Wildman–Crippen LogP) is 4.59. The van der Waals surface area contributed by atoms with E-state index in [1.54, 1.807) is 0 Å². The fourth-order valence-corrected chi connectivity index (χ4v) is 4.89. The zero-order chi connectivity index (χ0) is 20.8. The number of piperidine rings is 1. The molecular formula is C24H32N4OS. The van der Waals surface area contributed by atoms with Crippen LogP contribution in [-0.4, -0.2) is 53.4 Å². The summed E-state index contributed by atoms with van der Waals surface area (Å²) in [7, 11) is 2.18. The van der Waals surface area contributed by atoms with Gasteiger partial charge in [-0.1, -0.05) is 24.3 Å². The first-order valence-electron chi connectivity index (χ1n) is 10.9. The Hall–Kier alpha value is -1.86. The van der Waals surface area contributed by atoms with E-state index in [1.165, 1.54) is 4.90 Å². The van der Waals surface area contributed by atoms with Crippen molar-refractivity contribution in [2.24, 2.45) is 5.73 Å². The summed E-state index contributed by atoms with van der Waals surface area (Å²) in [6, 6.07) is 16.9. The van der Waals surface area contributed by atoms with E-state index in [4.69, 9.17) is 15.5 Å². The van der Waals surface area contributed by atoms with E-state index in [-0.39, 0.29) is 12.2 Å². The predicted molar refractivity (Wildman–Crippen MR) is 125 cm³/mol. The van der Waals surface area contributed by atoms with Gasteiger partial charge < -0.3 is 20.4 Å². The Balaban J connectivity index is 1.58. The van der Waals surface area contributed by atoms with Gasteiger partial charge in [0.15, 0.2) is 0 Å². The van der Waals surface area contributed by atoms with E-state index in [0.29, 0.717) is 0 Å². The van der Waals surface area contributed by atoms with E-state index >= 15 is 0 Å². The minimum absolute atomic E-state index is 0.185. The van der Waals surface area contributed by atoms with Crippen molar-refractivity contribution < 1.29 is 4.74 Å². The van der Waals surface area contributed by atoms with Crippen molar-refractivity contribution in [3.63, 3.8) is 0 Å². The van der Waals surface area contributed by atoms with E-state index < -0.39 is 0 Å². The van der Waals surface area contributed by atoms with Gasteiger partial charge in [-0.15, -0.1) is 11.8 Å². The van der Waals surface area contributed by atoms with Gasteiger partial charge in [-0.3, -0.25) is 0 Å². The SMILES string of the molecule is CN1CCC(OC(c2cccc(SCCCCN)c2)c2nc3ccccc3[nH]2)CC1. The van der Waals surface area contributed by atoms with Crippen molar-refractivity contribution in [1.82, 2.24) is 14.9 Å². The van der Waals surface area contributed by atoms with Crippen molar-refractivity contribution >= 4 is 22.8 Å². The number of rotatable bonds is 9. The Kier molecular flexibility index (Phi) is 7.44. The molecule has 0 saturated carbocycles. The number of ether oxygens (including phenoxy) is 1. The van der Waals surface area contributed by atoms with Crippen LogP contribution in [0, 0.1) is 0 Å². The summed E-state index contributed by atoms with van der Waals surface area (Å²) >= 11 is 1.89. The number of thioether (sulfide) groups is 1. The lowest BCUT2D eigenvalue weighted by Gasteiger charge is -2.31. The number of fused-ring (bicyclic) bond motifs is 1. The molecule has 0 radical (unpaired) electrons. The largest absolute Gasteiger partial charge is 0.362 e. The normalized spacial score (nSPS) is 16.9. The van der Waals surface area contributed by atoms with Gasteiger partial charge >= 0.3 is 0 Å². The molecule has 160 valence electrons. The maximum atomic E-state index is 6.69. The molecule has 4 rings (SSSR count). The third kappa shape index (κ3) is 5.43. The maximum absolute atomic E-state index is 6.69. The highest BCUT2D eigenvalue weighted by molar-refractivity contribution is 7.99. The van der Waals surface area contributed by atoms with Crippen LogP contribution in [0.2, 0.25) is 0 Å². The molecule has 1 aromatic heterocycles. The Morgan fingerprint density at radius 3 is 2.80 bits per heavy atom. The number of benzene rings is 2. The van der Waals surface area contributed by atoms with Gasteiger partial charge in [-0.25, -0.2) is 4.98 Å². The van der Waals surface area contributed by atoms with Crippen molar-refractivity contribution in [3.8, 4) is 0 Å². The smallest absolute Gasteiger partial charge is 0.141 e. The lowest BCUT2D eigenvalue weighted by atomic mass is 10.1. The molecule has 30 heavy (non-hydrogen) atoms. The summed E-state index contributed by atoms with van der Waals surface area (Å²) in [5, 5.41) is 0. The highest BCUT2D eigenvalue weighted by Crippen LogP contribution is 2.32. The summed E-state index contributed by atoms with van der Waals surface area (Å²) in [4.78, 5) is 12.0. The third-order valence-electron chi connectivity index (χ3n) is 5.68. The first-order valence-corrected chi connectivity index (χ1v) is 11.9. The minimum atomic E-state index is -0.185. The molecule has 6 heteroatoms. The number of hydrogen-bond acceptors (Lipinski definition) is 5. The minimum Gasteiger partial charge on any atom is -0.362 e. The number of likely N-dealkylation sites (tertiary alicyclic amines) is 1. The zero-order valence-corrected chi connectivity index (χ0v) is 18.5. The second-order valence-corrected chi connectivity index (χ2v) is 9.24. The number of aromatic amines is 1. The number of nitrogens with two attached hydrogens (primary N) is 1. The lowest BCUT2D eigenvalue weighted by Crippen LogP contribution is -2.35. The number of imidazole rings is 1. The van der Waals surface area contributed by atoms with Crippen LogP contribution in [0.4, 0.5) is 0 Å². The number of aromatic nitrogens is 2. The molecule has 2 heterocycles. The Morgan fingerprint density at radius 2 is 2.00 bits per heavy atom. The Morgan fingerprint density at radius 1 is 1.17 bits per heavy atom. The first-order chi connectivity index (χ1) is 14.7. The molecule has 1 aliphatic rings. The molecule has 1 fully saturated rings. The summed E-state index contributed by atoms with van der Waals surface area (Å²) in [5.74, 6) is 1.98. The average molecular weight is 425 g/mol. The molecule has 1 unspecified atom stereocenters. The van der Waals surface area contributed by atoms with Crippen molar-refractivity contribution in [2.75, 3.05) is 32.4 Å². The molecule has 0 bridgehead atoms. The van der Waals surface area contributed by atoms with Crippen LogP contribution in [0.5, 0.6) is 0 Å². The molecule has 3 N–H and O–H groups in total. The molecule has 5 nitrogen and oxygen atoms in total. The third-order valence-corrected chi connectivity index (χ3v) is 6.76. The fourth-order valence-electron chi connectivity index (χ4n) is 3.91. The second kappa shape index (κ2) is 10.4. The molecule has 3 aromatic rings. The van der Waals surface area contributed by atoms with Crippen molar-refractivity contribution in [1.29, 1.82) is 0 Å². The molecular weight excluding hydrogens is 392 g/mol. The molecule has 0 amide bonds. The fraction of sp³-hybridized carbons (Fsp3) is 0.458. The number of H-pyrrole nitrogens is 1. The highest BCUT2D eigenvalue weighted by atomic mass is 32.2. The number of nitrogens with zero attached hydrogens (tertiary/aromatic N) is 2. The van der Waals surface area contributed by atoms with Gasteiger partial charge in [0.1, 0.15) is 11.9 Å². The van der Waals surface area contributed by atoms with Gasteiger partial charge in [-0.2, -0.15) is 0 Å². The van der Waals surface area contributed by atoms with Crippen molar-refractivity contribution in [2.45, 2.75) is 42.8 Å². The quantitative estimate of drug-likeness (QED) is 0.388. The summed E-state index contributed by atoms with van der Waals surface area (Å²) in [5.41, 5.74) is 8.83. The molecule has 1 atom stereocenters. The summed E-state index contributed by atoms with van der Waals surface area (Å²) < 4.78 is 6.69. The van der Waals surface area contributed by atoms with Crippen LogP contribution in [0.25, 0.3) is 11.0 Å². The molecule has 0 spiro atoms. The first kappa shape index (κ1) is 21.4. The van der Waals surface area contributed by atoms with Gasteiger partial charge in [0.05, 0.1) is 17.1 Å². The standard InChI is InChI=1S/C24H32N4OS/c1-28-14-11-19(12-15-28)29-23(24-26-21-9-2-3-10-22(21)27-24)18-7-6-8-20(17-18)30-16-5-4-13-25/h2-3,6-10,17,19,23H,4-5,11-16,25H2,1H3,(H,26,27). The van der Waals surface area contributed by atoms with Crippen LogP contribution in [0.3, 0.4) is 0 Å². The van der Waals surface area contributed by atoms with E-state index in [2.05, 4.69) is 47.3 Å². The van der Waals surface area contributed by atoms with E-state index in [9.17, 15) is 0 Å². The van der Waals surface area contributed by atoms with Crippen LogP contribution < -0.4 is 5.73 Å².